The Morgan fingerprint density at radius 3 is 1.02 bits per heavy atom. The highest BCUT2D eigenvalue weighted by Gasteiger charge is 2.58. The Labute approximate surface area is 316 Å². The average molecular weight is 913 g/mol. The molecule has 0 aromatic carbocycles. The van der Waals surface area contributed by atoms with Gasteiger partial charge >= 0.3 is 45.6 Å². The summed E-state index contributed by atoms with van der Waals surface area (Å²) in [6, 6.07) is 0. The van der Waals surface area contributed by atoms with Crippen LogP contribution in [0.15, 0.2) is 0 Å². The smallest absolute Gasteiger partial charge is 0.323 e. The molecule has 0 rings (SSSR count). The van der Waals surface area contributed by atoms with Crippen LogP contribution in [-0.4, -0.2) is 126 Å². The summed E-state index contributed by atoms with van der Waals surface area (Å²) in [7, 11) is -25.9. The van der Waals surface area contributed by atoms with E-state index < -0.39 is 79.9 Å². The maximum absolute atomic E-state index is 11.3. The van der Waals surface area contributed by atoms with Crippen LogP contribution >= 0.6 is 45.6 Å². The Balaban J connectivity index is -0.000000771. The molecule has 0 unspecified atom stereocenters. The molecular formula is C24H66N6O18P6. The fourth-order valence-electron chi connectivity index (χ4n) is 4.21. The quantitative estimate of drug-likeness (QED) is 0.0410. The van der Waals surface area contributed by atoms with Gasteiger partial charge in [0.1, 0.15) is 0 Å². The van der Waals surface area contributed by atoms with Gasteiger partial charge in [0.2, 0.25) is 15.1 Å². The highest BCUT2D eigenvalue weighted by molar-refractivity contribution is 7.73. The molecule has 0 aromatic rings. The van der Waals surface area contributed by atoms with Crippen LogP contribution < -0.4 is 27.8 Å². The van der Waals surface area contributed by atoms with Crippen molar-refractivity contribution >= 4 is 45.6 Å². The molecule has 330 valence electrons. The number of rotatable bonds is 26. The highest BCUT2D eigenvalue weighted by atomic mass is 31.3. The molecular weight excluding hydrogens is 846 g/mol. The SMILES string of the molecule is CCCCCCCCCCCCNCCC(N)(P(=O)(O)O)P(=O)(O)O.CN(C)CCC(N)(P(=O)(O)O)P(=O)(O)O.CNCCC(N)(P(=O)(O)O)P(=O)(O)O. The summed E-state index contributed by atoms with van der Waals surface area (Å²) >= 11 is 0. The lowest BCUT2D eigenvalue weighted by Gasteiger charge is -2.31. The molecule has 0 atom stereocenters. The second kappa shape index (κ2) is 25.3. The van der Waals surface area contributed by atoms with Crippen LogP contribution in [-0.2, 0) is 27.4 Å². The molecule has 0 amide bonds. The third kappa shape index (κ3) is 21.1. The van der Waals surface area contributed by atoms with Crippen molar-refractivity contribution in [2.45, 2.75) is 105 Å². The normalized spacial score (nSPS) is 14.0. The van der Waals surface area contributed by atoms with Gasteiger partial charge in [0.25, 0.3) is 0 Å². The third-order valence-corrected chi connectivity index (χ3v) is 20.2. The summed E-state index contributed by atoms with van der Waals surface area (Å²) in [6.45, 7) is 2.94. The second-order valence-corrected chi connectivity index (χ2v) is 25.4. The molecule has 0 radical (unpaired) electrons. The summed E-state index contributed by atoms with van der Waals surface area (Å²) in [4.78, 5) is 109. The molecule has 0 saturated heterocycles. The van der Waals surface area contributed by atoms with Gasteiger partial charge < -0.3 is 91.5 Å². The van der Waals surface area contributed by atoms with Gasteiger partial charge in [-0.15, -0.1) is 0 Å². The summed E-state index contributed by atoms with van der Waals surface area (Å²) in [6.07, 6.45) is 10.6. The Hall–Kier alpha value is 0.660. The van der Waals surface area contributed by atoms with Gasteiger partial charge in [0.05, 0.1) is 0 Å². The summed E-state index contributed by atoms with van der Waals surface area (Å²) < 4.78 is 66.3. The molecule has 0 bridgehead atoms. The van der Waals surface area contributed by atoms with Crippen LogP contribution in [0.5, 0.6) is 0 Å². The maximum atomic E-state index is 11.3. The fraction of sp³-hybridized carbons (Fsp3) is 1.00. The van der Waals surface area contributed by atoms with Crippen molar-refractivity contribution in [3.8, 4) is 0 Å². The number of unbranched alkanes of at least 4 members (excludes halogenated alkanes) is 9. The van der Waals surface area contributed by atoms with E-state index in [1.165, 1.54) is 56.9 Å². The minimum Gasteiger partial charge on any atom is -0.323 e. The van der Waals surface area contributed by atoms with Gasteiger partial charge in [-0.05, 0) is 47.2 Å². The van der Waals surface area contributed by atoms with Crippen LogP contribution in [0.3, 0.4) is 0 Å². The van der Waals surface area contributed by atoms with Gasteiger partial charge in [-0.25, -0.2) is 0 Å². The molecule has 0 heterocycles. The summed E-state index contributed by atoms with van der Waals surface area (Å²) in [5.74, 6) is 0. The molecule has 0 aliphatic carbocycles. The van der Waals surface area contributed by atoms with Crippen molar-refractivity contribution in [1.82, 2.24) is 15.5 Å². The number of nitrogens with one attached hydrogen (secondary N) is 2. The van der Waals surface area contributed by atoms with Crippen LogP contribution in [0.25, 0.3) is 0 Å². The van der Waals surface area contributed by atoms with E-state index >= 15 is 0 Å². The molecule has 0 aliphatic rings. The van der Waals surface area contributed by atoms with E-state index in [-0.39, 0.29) is 19.6 Å². The van der Waals surface area contributed by atoms with E-state index in [9.17, 15) is 27.4 Å². The monoisotopic (exact) mass is 912 g/mol. The molecule has 0 spiro atoms. The highest BCUT2D eigenvalue weighted by Crippen LogP contribution is 2.69. The van der Waals surface area contributed by atoms with Crippen LogP contribution in [0.2, 0.25) is 0 Å². The molecule has 0 fully saturated rings. The first-order valence-electron chi connectivity index (χ1n) is 16.7. The third-order valence-electron chi connectivity index (χ3n) is 8.07. The Kier molecular flexibility index (Phi) is 27.7. The van der Waals surface area contributed by atoms with Crippen molar-refractivity contribution < 1.29 is 86.1 Å². The zero-order valence-corrected chi connectivity index (χ0v) is 36.6. The zero-order chi connectivity index (χ0) is 43.5. The molecule has 0 saturated carbocycles. The second-order valence-electron chi connectivity index (χ2n) is 13.0. The van der Waals surface area contributed by atoms with Crippen molar-refractivity contribution in [3.05, 3.63) is 0 Å². The van der Waals surface area contributed by atoms with Crippen LogP contribution in [0.1, 0.15) is 90.4 Å². The summed E-state index contributed by atoms with van der Waals surface area (Å²) in [5, 5.41) is -2.97. The van der Waals surface area contributed by atoms with Crippen LogP contribution in [0.4, 0.5) is 0 Å². The van der Waals surface area contributed by atoms with E-state index in [2.05, 4.69) is 17.6 Å². The van der Waals surface area contributed by atoms with Gasteiger partial charge in [-0.1, -0.05) is 64.7 Å². The maximum Gasteiger partial charge on any atom is 0.357 e. The van der Waals surface area contributed by atoms with Crippen molar-refractivity contribution in [1.29, 1.82) is 0 Å². The number of nitrogens with two attached hydrogens (primary N) is 3. The predicted octanol–water partition coefficient (Wildman–Crippen LogP) is 0.325. The standard InChI is InChI=1S/C15H36N2O6P2.C5H16N2O6P2.C4H14N2O6P2/c1-2-3-4-5-6-7-8-9-10-11-13-17-14-12-15(16,24(18,19)20)25(21,22)23;1-7(2)4-3-5(6,14(8,9)10)15(11,12)13;1-6-3-2-4(5,13(7,8)9)14(10,11)12/h17H,2-14,16H2,1H3,(H2,18,19,20)(H2,21,22,23);3-4,6H2,1-2H3,(H2,8,9,10)(H2,11,12,13);6H,2-3,5H2,1H3,(H2,7,8,9)(H2,10,11,12). The average Bonchev–Trinajstić information content (AvgIpc) is 2.98. The van der Waals surface area contributed by atoms with E-state index in [4.69, 9.17) is 75.9 Å². The number of hydrogen-bond acceptors (Lipinski definition) is 12. The van der Waals surface area contributed by atoms with E-state index in [0.29, 0.717) is 6.54 Å². The van der Waals surface area contributed by atoms with Crippen LogP contribution in [0, 0.1) is 0 Å². The lowest BCUT2D eigenvalue weighted by Crippen LogP contribution is -2.42. The predicted molar refractivity (Wildman–Crippen MR) is 204 cm³/mol. The van der Waals surface area contributed by atoms with Gasteiger partial charge in [0, 0.05) is 25.8 Å². The van der Waals surface area contributed by atoms with Crippen molar-refractivity contribution in [3.63, 3.8) is 0 Å². The molecule has 24 nitrogen and oxygen atoms in total. The fourth-order valence-corrected chi connectivity index (χ4v) is 10.7. The summed E-state index contributed by atoms with van der Waals surface area (Å²) in [5.41, 5.74) is 15.5. The molecule has 54 heavy (non-hydrogen) atoms. The van der Waals surface area contributed by atoms with Gasteiger partial charge in [-0.2, -0.15) is 0 Å². The lowest BCUT2D eigenvalue weighted by molar-refractivity contribution is 0.287. The first-order valence-corrected chi connectivity index (χ1v) is 26.4. The van der Waals surface area contributed by atoms with E-state index in [1.807, 2.05) is 0 Å². The topological polar surface area (TPSA) is 451 Å². The van der Waals surface area contributed by atoms with E-state index in [0.717, 1.165) is 19.3 Å². The largest absolute Gasteiger partial charge is 0.357 e. The Bertz CT molecular complexity index is 1280. The first-order chi connectivity index (χ1) is 24.0. The zero-order valence-electron chi connectivity index (χ0n) is 31.2. The first kappa shape index (κ1) is 59.0. The van der Waals surface area contributed by atoms with Gasteiger partial charge in [-0.3, -0.25) is 27.4 Å². The van der Waals surface area contributed by atoms with E-state index in [1.54, 1.807) is 14.1 Å². The lowest BCUT2D eigenvalue weighted by atomic mass is 10.1. The molecule has 30 heteroatoms. The number of hydrogen-bond donors (Lipinski definition) is 17. The molecule has 0 aliphatic heterocycles. The minimum atomic E-state index is -5.12. The van der Waals surface area contributed by atoms with Crippen molar-refractivity contribution in [2.75, 3.05) is 47.3 Å². The molecule has 0 aromatic heterocycles. The van der Waals surface area contributed by atoms with Gasteiger partial charge in [0.15, 0.2) is 0 Å². The Morgan fingerprint density at radius 1 is 0.463 bits per heavy atom. The minimum absolute atomic E-state index is 0.00722. The molecule has 20 N–H and O–H groups in total. The number of nitrogens with zero attached hydrogens (tertiary/aromatic N) is 1. The van der Waals surface area contributed by atoms with Crippen molar-refractivity contribution in [2.24, 2.45) is 17.2 Å². The Morgan fingerprint density at radius 2 is 0.741 bits per heavy atom.